The van der Waals surface area contributed by atoms with Crippen molar-refractivity contribution in [1.29, 1.82) is 0 Å². The van der Waals surface area contributed by atoms with E-state index in [1.807, 2.05) is 19.1 Å². The summed E-state index contributed by atoms with van der Waals surface area (Å²) < 4.78 is 6.50. The summed E-state index contributed by atoms with van der Waals surface area (Å²) in [5.74, 6) is -0.497. The molecule has 6 heteroatoms. The minimum Gasteiger partial charge on any atom is -0.465 e. The molecule has 26 heavy (non-hydrogen) atoms. The van der Waals surface area contributed by atoms with E-state index in [-0.39, 0.29) is 11.6 Å². The van der Waals surface area contributed by atoms with Crippen LogP contribution in [0.25, 0.3) is 10.8 Å². The molecule has 1 unspecified atom stereocenters. The third-order valence-electron chi connectivity index (χ3n) is 4.61. The van der Waals surface area contributed by atoms with Crippen LogP contribution in [0.4, 0.5) is 0 Å². The maximum absolute atomic E-state index is 13.2. The van der Waals surface area contributed by atoms with Crippen molar-refractivity contribution in [2.75, 3.05) is 7.11 Å². The first-order valence-electron chi connectivity index (χ1n) is 8.21. The standard InChI is InChI=1S/C20H19ClN2O3/c1-11-17-16(18(12(2)22-11)20(25)26-4)9-10-23(19(17)24)13(3)14-5-7-15(21)8-6-14/h5-10,13H,1-4H3. The second-order valence-corrected chi connectivity index (χ2v) is 6.63. The quantitative estimate of drug-likeness (QED) is 0.652. The third kappa shape index (κ3) is 2.99. The molecule has 0 bridgehead atoms. The molecule has 5 nitrogen and oxygen atoms in total. The Morgan fingerprint density at radius 2 is 1.81 bits per heavy atom. The van der Waals surface area contributed by atoms with Crippen molar-refractivity contribution in [3.05, 3.63) is 74.4 Å². The molecule has 0 aliphatic rings. The van der Waals surface area contributed by atoms with E-state index in [2.05, 4.69) is 4.98 Å². The number of pyridine rings is 2. The Bertz CT molecular complexity index is 1060. The van der Waals surface area contributed by atoms with Gasteiger partial charge in [-0.1, -0.05) is 23.7 Å². The SMILES string of the molecule is COC(=O)c1c(C)nc(C)c2c(=O)n(C(C)c3ccc(Cl)cc3)ccc12. The van der Waals surface area contributed by atoms with Crippen molar-refractivity contribution < 1.29 is 9.53 Å². The van der Waals surface area contributed by atoms with Gasteiger partial charge in [0, 0.05) is 16.6 Å². The van der Waals surface area contributed by atoms with Crippen LogP contribution >= 0.6 is 11.6 Å². The number of aryl methyl sites for hydroxylation is 2. The fraction of sp³-hybridized carbons (Fsp3) is 0.250. The molecular weight excluding hydrogens is 352 g/mol. The first-order valence-corrected chi connectivity index (χ1v) is 8.58. The normalized spacial score (nSPS) is 12.2. The molecule has 0 aliphatic heterocycles. The monoisotopic (exact) mass is 370 g/mol. The average Bonchev–Trinajstić information content (AvgIpc) is 2.61. The number of carbonyl (C=O) groups excluding carboxylic acids is 1. The lowest BCUT2D eigenvalue weighted by molar-refractivity contribution is 0.0601. The lowest BCUT2D eigenvalue weighted by Gasteiger charge is -2.18. The van der Waals surface area contributed by atoms with Crippen molar-refractivity contribution in [1.82, 2.24) is 9.55 Å². The third-order valence-corrected chi connectivity index (χ3v) is 4.86. The summed E-state index contributed by atoms with van der Waals surface area (Å²) >= 11 is 5.95. The summed E-state index contributed by atoms with van der Waals surface area (Å²) in [6, 6.07) is 8.96. The molecule has 0 fully saturated rings. The van der Waals surface area contributed by atoms with Gasteiger partial charge in [0.05, 0.1) is 35.5 Å². The Hall–Kier alpha value is -2.66. The Morgan fingerprint density at radius 1 is 1.15 bits per heavy atom. The molecule has 0 aliphatic carbocycles. The van der Waals surface area contributed by atoms with Crippen LogP contribution in [0.3, 0.4) is 0 Å². The topological polar surface area (TPSA) is 61.2 Å². The summed E-state index contributed by atoms with van der Waals surface area (Å²) in [7, 11) is 1.32. The number of methoxy groups -OCH3 is 1. The van der Waals surface area contributed by atoms with Crippen molar-refractivity contribution in [2.24, 2.45) is 0 Å². The molecule has 0 radical (unpaired) electrons. The number of carbonyl (C=O) groups is 1. The Morgan fingerprint density at radius 3 is 2.42 bits per heavy atom. The van der Waals surface area contributed by atoms with E-state index >= 15 is 0 Å². The van der Waals surface area contributed by atoms with Gasteiger partial charge in [-0.2, -0.15) is 0 Å². The maximum atomic E-state index is 13.2. The van der Waals surface area contributed by atoms with Gasteiger partial charge < -0.3 is 9.30 Å². The number of hydrogen-bond donors (Lipinski definition) is 0. The van der Waals surface area contributed by atoms with Gasteiger partial charge in [-0.3, -0.25) is 9.78 Å². The molecule has 2 heterocycles. The zero-order valence-electron chi connectivity index (χ0n) is 15.0. The van der Waals surface area contributed by atoms with E-state index in [1.54, 1.807) is 42.8 Å². The molecule has 0 N–H and O–H groups in total. The first-order chi connectivity index (χ1) is 12.3. The predicted octanol–water partition coefficient (Wildman–Crippen LogP) is 4.06. The van der Waals surface area contributed by atoms with Crippen LogP contribution < -0.4 is 5.56 Å². The van der Waals surface area contributed by atoms with E-state index in [4.69, 9.17) is 16.3 Å². The number of nitrogens with zero attached hydrogens (tertiary/aromatic N) is 2. The molecule has 3 rings (SSSR count). The van der Waals surface area contributed by atoms with Gasteiger partial charge in [-0.05, 0) is 44.5 Å². The zero-order valence-corrected chi connectivity index (χ0v) is 15.8. The number of fused-ring (bicyclic) bond motifs is 1. The van der Waals surface area contributed by atoms with Crippen LogP contribution in [0.1, 0.15) is 40.3 Å². The van der Waals surface area contributed by atoms with Crippen LogP contribution in [-0.4, -0.2) is 22.6 Å². The number of benzene rings is 1. The summed E-state index contributed by atoms with van der Waals surface area (Å²) in [4.78, 5) is 29.7. The summed E-state index contributed by atoms with van der Waals surface area (Å²) in [6.07, 6.45) is 1.70. The van der Waals surface area contributed by atoms with Crippen molar-refractivity contribution in [3.8, 4) is 0 Å². The van der Waals surface area contributed by atoms with E-state index in [9.17, 15) is 9.59 Å². The van der Waals surface area contributed by atoms with Crippen molar-refractivity contribution in [3.63, 3.8) is 0 Å². The highest BCUT2D eigenvalue weighted by Gasteiger charge is 2.20. The van der Waals surface area contributed by atoms with Gasteiger partial charge in [-0.25, -0.2) is 4.79 Å². The summed E-state index contributed by atoms with van der Waals surface area (Å²) in [5, 5.41) is 1.63. The van der Waals surface area contributed by atoms with Crippen LogP contribution in [0.2, 0.25) is 5.02 Å². The van der Waals surface area contributed by atoms with Gasteiger partial charge in [0.2, 0.25) is 0 Å². The van der Waals surface area contributed by atoms with Crippen LogP contribution in [0.15, 0.2) is 41.3 Å². The number of halogens is 1. The zero-order chi connectivity index (χ0) is 19.0. The second-order valence-electron chi connectivity index (χ2n) is 6.19. The number of ether oxygens (including phenoxy) is 1. The fourth-order valence-electron chi connectivity index (χ4n) is 3.23. The number of aromatic nitrogens is 2. The molecule has 3 aromatic rings. The fourth-order valence-corrected chi connectivity index (χ4v) is 3.36. The lowest BCUT2D eigenvalue weighted by atomic mass is 10.0. The van der Waals surface area contributed by atoms with E-state index < -0.39 is 5.97 Å². The molecule has 0 amide bonds. The highest BCUT2D eigenvalue weighted by molar-refractivity contribution is 6.30. The molecule has 1 atom stereocenters. The molecular formula is C20H19ClN2O3. The smallest absolute Gasteiger partial charge is 0.340 e. The summed E-state index contributed by atoms with van der Waals surface area (Å²) in [5.41, 5.74) is 2.23. The maximum Gasteiger partial charge on any atom is 0.340 e. The number of rotatable bonds is 3. The second kappa shape index (κ2) is 6.92. The largest absolute Gasteiger partial charge is 0.465 e. The van der Waals surface area contributed by atoms with E-state index in [1.165, 1.54) is 7.11 Å². The first kappa shape index (κ1) is 18.1. The van der Waals surface area contributed by atoms with Gasteiger partial charge in [0.15, 0.2) is 0 Å². The van der Waals surface area contributed by atoms with Crippen molar-refractivity contribution >= 4 is 28.3 Å². The minimum atomic E-state index is -0.497. The lowest BCUT2D eigenvalue weighted by Crippen LogP contribution is -2.25. The van der Waals surface area contributed by atoms with Crippen LogP contribution in [0, 0.1) is 13.8 Å². The van der Waals surface area contributed by atoms with E-state index in [0.717, 1.165) is 5.56 Å². The number of esters is 1. The molecule has 0 saturated carbocycles. The minimum absolute atomic E-state index is 0.188. The predicted molar refractivity (Wildman–Crippen MR) is 102 cm³/mol. The van der Waals surface area contributed by atoms with E-state index in [0.29, 0.717) is 32.7 Å². The van der Waals surface area contributed by atoms with Crippen molar-refractivity contribution in [2.45, 2.75) is 26.8 Å². The molecule has 0 saturated heterocycles. The summed E-state index contributed by atoms with van der Waals surface area (Å²) in [6.45, 7) is 5.45. The van der Waals surface area contributed by atoms with Crippen LogP contribution in [-0.2, 0) is 4.74 Å². The highest BCUT2D eigenvalue weighted by atomic mass is 35.5. The highest BCUT2D eigenvalue weighted by Crippen LogP contribution is 2.24. The Balaban J connectivity index is 2.25. The average molecular weight is 371 g/mol. The van der Waals surface area contributed by atoms with Gasteiger partial charge >= 0.3 is 5.97 Å². The molecule has 0 spiro atoms. The molecule has 1 aromatic carbocycles. The Kier molecular flexibility index (Phi) is 4.83. The molecule has 2 aromatic heterocycles. The Labute approximate surface area is 156 Å². The van der Waals surface area contributed by atoms with Gasteiger partial charge in [0.1, 0.15) is 0 Å². The van der Waals surface area contributed by atoms with Gasteiger partial charge in [0.25, 0.3) is 5.56 Å². The van der Waals surface area contributed by atoms with Gasteiger partial charge in [-0.15, -0.1) is 0 Å². The number of hydrogen-bond acceptors (Lipinski definition) is 4. The molecule has 134 valence electrons. The van der Waals surface area contributed by atoms with Crippen LogP contribution in [0.5, 0.6) is 0 Å².